The Balaban J connectivity index is 2.74. The second-order valence-corrected chi connectivity index (χ2v) is 5.43. The van der Waals surface area contributed by atoms with Crippen LogP contribution in [-0.4, -0.2) is 50.4 Å². The van der Waals surface area contributed by atoms with Crippen LogP contribution in [0.5, 0.6) is 0 Å². The Kier molecular flexibility index (Phi) is 3.64. The van der Waals surface area contributed by atoms with Crippen LogP contribution in [0, 0.1) is 0 Å². The van der Waals surface area contributed by atoms with Gasteiger partial charge in [0.1, 0.15) is 0 Å². The van der Waals surface area contributed by atoms with Gasteiger partial charge in [-0.05, 0) is 6.92 Å². The lowest BCUT2D eigenvalue weighted by Gasteiger charge is -2.22. The molecule has 1 fully saturated rings. The van der Waals surface area contributed by atoms with Gasteiger partial charge in [-0.15, -0.1) is 0 Å². The first-order valence-corrected chi connectivity index (χ1v) is 6.20. The number of aliphatic hydroxyl groups excluding tert-OH is 1. The summed E-state index contributed by atoms with van der Waals surface area (Å²) in [4.78, 5) is 0. The average molecular weight is 244 g/mol. The number of aliphatic hydroxyl groups is 1. The van der Waals surface area contributed by atoms with Crippen LogP contribution in [0.4, 0.5) is 8.78 Å². The zero-order valence-electron chi connectivity index (χ0n) is 8.20. The van der Waals surface area contributed by atoms with Crippen molar-refractivity contribution in [2.24, 2.45) is 0 Å². The first kappa shape index (κ1) is 12.8. The van der Waals surface area contributed by atoms with Gasteiger partial charge in [0.05, 0.1) is 24.4 Å². The second kappa shape index (κ2) is 4.28. The third-order valence-corrected chi connectivity index (χ3v) is 3.79. The Hall–Kier alpha value is -0.310. The van der Waals surface area contributed by atoms with Gasteiger partial charge in [-0.3, -0.25) is 0 Å². The summed E-state index contributed by atoms with van der Waals surface area (Å²) in [5.74, 6) is -3.51. The standard InChI is InChI=1S/C7H14F2N2O3S/c1-2-15(13,14)11-5-3-10-6(4-12)7(5,8)9/h5-6,10-12H,2-4H2,1H3/t5-,6-/m1/s1. The van der Waals surface area contributed by atoms with Crippen LogP contribution in [0.15, 0.2) is 0 Å². The van der Waals surface area contributed by atoms with Crippen LogP contribution in [0.2, 0.25) is 0 Å². The molecule has 0 aromatic heterocycles. The van der Waals surface area contributed by atoms with Crippen molar-refractivity contribution in [1.29, 1.82) is 0 Å². The molecule has 0 amide bonds. The number of hydrogen-bond donors (Lipinski definition) is 3. The van der Waals surface area contributed by atoms with E-state index in [0.29, 0.717) is 0 Å². The normalized spacial score (nSPS) is 30.7. The Labute approximate surface area is 86.9 Å². The molecule has 1 heterocycles. The van der Waals surface area contributed by atoms with Crippen LogP contribution in [0.3, 0.4) is 0 Å². The molecule has 1 aliphatic rings. The maximum atomic E-state index is 13.4. The van der Waals surface area contributed by atoms with E-state index in [2.05, 4.69) is 5.32 Å². The highest BCUT2D eigenvalue weighted by Gasteiger charge is 2.52. The minimum Gasteiger partial charge on any atom is -0.395 e. The van der Waals surface area contributed by atoms with Gasteiger partial charge in [-0.1, -0.05) is 0 Å². The molecule has 0 unspecified atom stereocenters. The van der Waals surface area contributed by atoms with E-state index >= 15 is 0 Å². The highest BCUT2D eigenvalue weighted by molar-refractivity contribution is 7.89. The number of hydrogen-bond acceptors (Lipinski definition) is 4. The Morgan fingerprint density at radius 1 is 1.60 bits per heavy atom. The zero-order valence-corrected chi connectivity index (χ0v) is 9.02. The molecule has 3 N–H and O–H groups in total. The van der Waals surface area contributed by atoms with E-state index < -0.39 is 34.6 Å². The van der Waals surface area contributed by atoms with E-state index in [1.54, 1.807) is 0 Å². The maximum absolute atomic E-state index is 13.4. The minimum atomic E-state index is -3.66. The lowest BCUT2D eigenvalue weighted by atomic mass is 10.1. The first-order chi connectivity index (χ1) is 6.83. The summed E-state index contributed by atoms with van der Waals surface area (Å²) in [5.41, 5.74) is 0. The average Bonchev–Trinajstić information content (AvgIpc) is 2.42. The molecule has 0 aliphatic carbocycles. The van der Waals surface area contributed by atoms with E-state index in [1.807, 2.05) is 4.72 Å². The SMILES string of the molecule is CCS(=O)(=O)N[C@@H]1CN[C@H](CO)C1(F)F. The molecule has 5 nitrogen and oxygen atoms in total. The molecule has 15 heavy (non-hydrogen) atoms. The highest BCUT2D eigenvalue weighted by atomic mass is 32.2. The molecule has 8 heteroatoms. The molecular formula is C7H14F2N2O3S. The van der Waals surface area contributed by atoms with Gasteiger partial charge >= 0.3 is 0 Å². The predicted molar refractivity (Wildman–Crippen MR) is 50.2 cm³/mol. The largest absolute Gasteiger partial charge is 0.395 e. The van der Waals surface area contributed by atoms with Gasteiger partial charge in [0.25, 0.3) is 5.92 Å². The number of nitrogens with one attached hydrogen (secondary N) is 2. The molecule has 0 aromatic rings. The fourth-order valence-corrected chi connectivity index (χ4v) is 2.22. The number of sulfonamides is 1. The number of halogens is 2. The Morgan fingerprint density at radius 2 is 2.20 bits per heavy atom. The molecule has 0 radical (unpaired) electrons. The molecule has 0 aromatic carbocycles. The molecule has 0 spiro atoms. The van der Waals surface area contributed by atoms with Crippen LogP contribution in [0.1, 0.15) is 6.92 Å². The Bertz CT molecular complexity index is 320. The monoisotopic (exact) mass is 244 g/mol. The lowest BCUT2D eigenvalue weighted by molar-refractivity contribution is -0.0421. The quantitative estimate of drug-likeness (QED) is 0.586. The minimum absolute atomic E-state index is 0.183. The van der Waals surface area contributed by atoms with Gasteiger partial charge < -0.3 is 10.4 Å². The van der Waals surface area contributed by atoms with Crippen LogP contribution in [-0.2, 0) is 10.0 Å². The van der Waals surface area contributed by atoms with Crippen LogP contribution < -0.4 is 10.0 Å². The fourth-order valence-electron chi connectivity index (χ4n) is 1.38. The van der Waals surface area contributed by atoms with Crippen molar-refractivity contribution in [3.8, 4) is 0 Å². The summed E-state index contributed by atoms with van der Waals surface area (Å²) in [5, 5.41) is 11.0. The van der Waals surface area contributed by atoms with Gasteiger partial charge in [-0.2, -0.15) is 0 Å². The molecule has 1 aliphatic heterocycles. The summed E-state index contributed by atoms with van der Waals surface area (Å²) in [6, 6.07) is -2.87. The third kappa shape index (κ3) is 2.63. The van der Waals surface area contributed by atoms with Gasteiger partial charge in [0, 0.05) is 6.54 Å². The number of alkyl halides is 2. The third-order valence-electron chi connectivity index (χ3n) is 2.38. The zero-order chi connectivity index (χ0) is 11.7. The fraction of sp³-hybridized carbons (Fsp3) is 1.00. The van der Waals surface area contributed by atoms with Crippen LogP contribution >= 0.6 is 0 Å². The van der Waals surface area contributed by atoms with E-state index in [-0.39, 0.29) is 12.3 Å². The summed E-state index contributed by atoms with van der Waals surface area (Å²) in [6.45, 7) is 0.460. The molecule has 2 atom stereocenters. The molecular weight excluding hydrogens is 230 g/mol. The van der Waals surface area contributed by atoms with Crippen molar-refractivity contribution >= 4 is 10.0 Å². The van der Waals surface area contributed by atoms with Crippen molar-refractivity contribution < 1.29 is 22.3 Å². The topological polar surface area (TPSA) is 78.4 Å². The van der Waals surface area contributed by atoms with Crippen molar-refractivity contribution in [2.45, 2.75) is 24.9 Å². The molecule has 1 saturated heterocycles. The summed E-state index contributed by atoms with van der Waals surface area (Å²) >= 11 is 0. The van der Waals surface area contributed by atoms with Crippen molar-refractivity contribution in [1.82, 2.24) is 10.0 Å². The van der Waals surface area contributed by atoms with E-state index in [4.69, 9.17) is 5.11 Å². The van der Waals surface area contributed by atoms with Crippen molar-refractivity contribution in [3.63, 3.8) is 0 Å². The van der Waals surface area contributed by atoms with Gasteiger partial charge in [0.15, 0.2) is 0 Å². The maximum Gasteiger partial charge on any atom is 0.282 e. The van der Waals surface area contributed by atoms with E-state index in [0.717, 1.165) is 0 Å². The molecule has 1 rings (SSSR count). The predicted octanol–water partition coefficient (Wildman–Crippen LogP) is -1.11. The highest BCUT2D eigenvalue weighted by Crippen LogP contribution is 2.28. The molecule has 90 valence electrons. The molecule has 0 saturated carbocycles. The van der Waals surface area contributed by atoms with E-state index in [1.165, 1.54) is 6.92 Å². The second-order valence-electron chi connectivity index (χ2n) is 3.39. The Morgan fingerprint density at radius 3 is 2.60 bits per heavy atom. The number of rotatable bonds is 4. The summed E-state index contributed by atoms with van der Waals surface area (Å²) in [7, 11) is -3.66. The van der Waals surface area contributed by atoms with Gasteiger partial charge in [-0.25, -0.2) is 21.9 Å². The van der Waals surface area contributed by atoms with Gasteiger partial charge in [0.2, 0.25) is 10.0 Å². The van der Waals surface area contributed by atoms with Crippen molar-refractivity contribution in [2.75, 3.05) is 18.9 Å². The first-order valence-electron chi connectivity index (χ1n) is 4.55. The molecule has 0 bridgehead atoms. The summed E-state index contributed by atoms with van der Waals surface area (Å²) < 4.78 is 50.9. The van der Waals surface area contributed by atoms with E-state index in [9.17, 15) is 17.2 Å². The summed E-state index contributed by atoms with van der Waals surface area (Å²) in [6.07, 6.45) is 0. The smallest absolute Gasteiger partial charge is 0.282 e. The lowest BCUT2D eigenvalue weighted by Crippen LogP contribution is -2.50. The van der Waals surface area contributed by atoms with Crippen LogP contribution in [0.25, 0.3) is 0 Å². The van der Waals surface area contributed by atoms with Crippen molar-refractivity contribution in [3.05, 3.63) is 0 Å².